The molecule has 0 aliphatic rings. The number of pyridine rings is 1. The Balaban J connectivity index is 2.24. The number of rotatable bonds is 4. The van der Waals surface area contributed by atoms with Crippen LogP contribution in [0.5, 0.6) is 0 Å². The lowest BCUT2D eigenvalue weighted by Gasteiger charge is -2.08. The Labute approximate surface area is 115 Å². The van der Waals surface area contributed by atoms with Gasteiger partial charge in [-0.25, -0.2) is 4.39 Å². The van der Waals surface area contributed by atoms with Crippen molar-refractivity contribution in [3.05, 3.63) is 47.3 Å². The van der Waals surface area contributed by atoms with Crippen molar-refractivity contribution in [3.63, 3.8) is 0 Å². The fourth-order valence-electron chi connectivity index (χ4n) is 1.94. The SMILES string of the molecule is Cc1nn(C)cc1C(=O)C(C)C(=O)c1ccc(F)cn1. The molecule has 0 bridgehead atoms. The number of Topliss-reactive ketones (excluding diaryl/α,β-unsaturated/α-hetero) is 2. The van der Waals surface area contributed by atoms with E-state index in [1.54, 1.807) is 20.2 Å². The van der Waals surface area contributed by atoms with Gasteiger partial charge in [0.25, 0.3) is 0 Å². The van der Waals surface area contributed by atoms with Crippen LogP contribution in [0.1, 0.15) is 33.5 Å². The lowest BCUT2D eigenvalue weighted by atomic mass is 9.94. The van der Waals surface area contributed by atoms with Gasteiger partial charge in [-0.3, -0.25) is 19.3 Å². The van der Waals surface area contributed by atoms with Crippen molar-refractivity contribution >= 4 is 11.6 Å². The van der Waals surface area contributed by atoms with Crippen LogP contribution in [0.4, 0.5) is 4.39 Å². The molecule has 0 aliphatic heterocycles. The molecule has 0 amide bonds. The van der Waals surface area contributed by atoms with Crippen LogP contribution in [0.15, 0.2) is 24.5 Å². The Hall–Kier alpha value is -2.37. The topological polar surface area (TPSA) is 64.8 Å². The van der Waals surface area contributed by atoms with Gasteiger partial charge in [0, 0.05) is 13.2 Å². The molecule has 104 valence electrons. The van der Waals surface area contributed by atoms with E-state index in [9.17, 15) is 14.0 Å². The summed E-state index contributed by atoms with van der Waals surface area (Å²) in [7, 11) is 1.71. The van der Waals surface area contributed by atoms with E-state index in [1.807, 2.05) is 0 Å². The van der Waals surface area contributed by atoms with E-state index in [0.717, 1.165) is 12.3 Å². The van der Waals surface area contributed by atoms with E-state index in [4.69, 9.17) is 0 Å². The van der Waals surface area contributed by atoms with Crippen molar-refractivity contribution in [2.45, 2.75) is 13.8 Å². The van der Waals surface area contributed by atoms with Crippen LogP contribution in [0.3, 0.4) is 0 Å². The van der Waals surface area contributed by atoms with Crippen molar-refractivity contribution in [2.24, 2.45) is 13.0 Å². The van der Waals surface area contributed by atoms with E-state index in [0.29, 0.717) is 11.3 Å². The highest BCUT2D eigenvalue weighted by Gasteiger charge is 2.27. The van der Waals surface area contributed by atoms with Crippen LogP contribution in [-0.2, 0) is 7.05 Å². The highest BCUT2D eigenvalue weighted by molar-refractivity contribution is 6.15. The maximum absolute atomic E-state index is 12.8. The minimum Gasteiger partial charge on any atom is -0.293 e. The Kier molecular flexibility index (Phi) is 3.74. The van der Waals surface area contributed by atoms with Crippen molar-refractivity contribution in [2.75, 3.05) is 0 Å². The predicted octanol–water partition coefficient (Wildman–Crippen LogP) is 1.96. The Bertz CT molecular complexity index is 662. The zero-order valence-electron chi connectivity index (χ0n) is 11.4. The van der Waals surface area contributed by atoms with Gasteiger partial charge in [0.05, 0.1) is 23.4 Å². The molecule has 0 aliphatic carbocycles. The molecule has 2 aromatic heterocycles. The van der Waals surface area contributed by atoms with Crippen molar-refractivity contribution in [3.8, 4) is 0 Å². The molecule has 0 saturated heterocycles. The Morgan fingerprint density at radius 2 is 2.00 bits per heavy atom. The first-order valence-corrected chi connectivity index (χ1v) is 6.10. The minimum absolute atomic E-state index is 0.0776. The van der Waals surface area contributed by atoms with Crippen molar-refractivity contribution < 1.29 is 14.0 Å². The number of aromatic nitrogens is 3. The Morgan fingerprint density at radius 3 is 2.50 bits per heavy atom. The van der Waals surface area contributed by atoms with Gasteiger partial charge >= 0.3 is 0 Å². The average molecular weight is 275 g/mol. The number of carbonyl (C=O) groups excluding carboxylic acids is 2. The molecule has 0 aromatic carbocycles. The fourth-order valence-corrected chi connectivity index (χ4v) is 1.94. The van der Waals surface area contributed by atoms with Crippen molar-refractivity contribution in [1.82, 2.24) is 14.8 Å². The lowest BCUT2D eigenvalue weighted by molar-refractivity contribution is 0.0817. The first kappa shape index (κ1) is 14.0. The largest absolute Gasteiger partial charge is 0.293 e. The maximum atomic E-state index is 12.8. The molecular formula is C14H14FN3O2. The van der Waals surface area contributed by atoms with E-state index < -0.39 is 17.5 Å². The zero-order chi connectivity index (χ0) is 14.9. The molecule has 5 nitrogen and oxygen atoms in total. The number of halogens is 1. The molecule has 2 rings (SSSR count). The highest BCUT2D eigenvalue weighted by Crippen LogP contribution is 2.16. The molecule has 20 heavy (non-hydrogen) atoms. The number of aryl methyl sites for hydroxylation is 2. The van der Waals surface area contributed by atoms with Crippen LogP contribution >= 0.6 is 0 Å². The number of hydrogen-bond donors (Lipinski definition) is 0. The van der Waals surface area contributed by atoms with Gasteiger partial charge in [-0.15, -0.1) is 0 Å². The molecule has 6 heteroatoms. The van der Waals surface area contributed by atoms with E-state index in [2.05, 4.69) is 10.1 Å². The van der Waals surface area contributed by atoms with Gasteiger partial charge < -0.3 is 0 Å². The van der Waals surface area contributed by atoms with E-state index in [1.165, 1.54) is 17.7 Å². The van der Waals surface area contributed by atoms with Gasteiger partial charge in [0.1, 0.15) is 11.5 Å². The van der Waals surface area contributed by atoms with Gasteiger partial charge in [0.15, 0.2) is 11.6 Å². The summed E-state index contributed by atoms with van der Waals surface area (Å²) < 4.78 is 14.3. The third-order valence-electron chi connectivity index (χ3n) is 3.05. The maximum Gasteiger partial charge on any atom is 0.191 e. The molecule has 1 atom stereocenters. The highest BCUT2D eigenvalue weighted by atomic mass is 19.1. The molecule has 1 unspecified atom stereocenters. The van der Waals surface area contributed by atoms with Gasteiger partial charge in [0.2, 0.25) is 0 Å². The summed E-state index contributed by atoms with van der Waals surface area (Å²) in [5, 5.41) is 4.08. The average Bonchev–Trinajstić information content (AvgIpc) is 2.76. The predicted molar refractivity (Wildman–Crippen MR) is 70.0 cm³/mol. The molecule has 0 radical (unpaired) electrons. The normalized spacial score (nSPS) is 12.2. The smallest absolute Gasteiger partial charge is 0.191 e. The summed E-state index contributed by atoms with van der Waals surface area (Å²) in [6.45, 7) is 3.22. The van der Waals surface area contributed by atoms with Gasteiger partial charge in [-0.1, -0.05) is 0 Å². The third kappa shape index (κ3) is 2.64. The van der Waals surface area contributed by atoms with Gasteiger partial charge in [-0.05, 0) is 26.0 Å². The lowest BCUT2D eigenvalue weighted by Crippen LogP contribution is -2.22. The molecule has 2 aromatic rings. The zero-order valence-corrected chi connectivity index (χ0v) is 11.4. The number of nitrogens with zero attached hydrogens (tertiary/aromatic N) is 3. The number of hydrogen-bond acceptors (Lipinski definition) is 4. The first-order chi connectivity index (χ1) is 9.40. The molecule has 2 heterocycles. The van der Waals surface area contributed by atoms with E-state index in [-0.39, 0.29) is 11.5 Å². The summed E-state index contributed by atoms with van der Waals surface area (Å²) in [5.74, 6) is -2.15. The second-order valence-electron chi connectivity index (χ2n) is 4.61. The second kappa shape index (κ2) is 5.32. The summed E-state index contributed by atoms with van der Waals surface area (Å²) in [5.41, 5.74) is 1.06. The molecule has 0 saturated carbocycles. The van der Waals surface area contributed by atoms with Crippen LogP contribution in [0.25, 0.3) is 0 Å². The van der Waals surface area contributed by atoms with Crippen molar-refractivity contribution in [1.29, 1.82) is 0 Å². The number of ketones is 2. The molecule has 0 N–H and O–H groups in total. The summed E-state index contributed by atoms with van der Waals surface area (Å²) in [4.78, 5) is 28.1. The van der Waals surface area contributed by atoms with E-state index >= 15 is 0 Å². The monoisotopic (exact) mass is 275 g/mol. The van der Waals surface area contributed by atoms with Crippen LogP contribution in [0.2, 0.25) is 0 Å². The summed E-state index contributed by atoms with van der Waals surface area (Å²) >= 11 is 0. The standard InChI is InChI=1S/C14H14FN3O2/c1-8(13(19)11-7-18(3)17-9(11)2)14(20)12-5-4-10(15)6-16-12/h4-8H,1-3H3. The minimum atomic E-state index is -0.879. The van der Waals surface area contributed by atoms with Crippen LogP contribution < -0.4 is 0 Å². The quantitative estimate of drug-likeness (QED) is 0.632. The molecule has 0 spiro atoms. The summed E-state index contributed by atoms with van der Waals surface area (Å²) in [6, 6.07) is 2.42. The first-order valence-electron chi connectivity index (χ1n) is 6.10. The van der Waals surface area contributed by atoms with Gasteiger partial charge in [-0.2, -0.15) is 5.10 Å². The molecular weight excluding hydrogens is 261 g/mol. The van der Waals surface area contributed by atoms with Crippen LogP contribution in [0, 0.1) is 18.7 Å². The van der Waals surface area contributed by atoms with Crippen LogP contribution in [-0.4, -0.2) is 26.3 Å². The molecule has 0 fully saturated rings. The third-order valence-corrected chi connectivity index (χ3v) is 3.05. The Morgan fingerprint density at radius 1 is 1.30 bits per heavy atom. The second-order valence-corrected chi connectivity index (χ2v) is 4.61. The summed E-state index contributed by atoms with van der Waals surface area (Å²) in [6.07, 6.45) is 2.54. The number of carbonyl (C=O) groups is 2. The fraction of sp³-hybridized carbons (Fsp3) is 0.286.